The van der Waals surface area contributed by atoms with Gasteiger partial charge in [0.1, 0.15) is 0 Å². The number of nitrogens with zero attached hydrogens (tertiary/aromatic N) is 2. The topological polar surface area (TPSA) is 23.6 Å². The van der Waals surface area contributed by atoms with Crippen molar-refractivity contribution in [1.29, 1.82) is 0 Å². The summed E-state index contributed by atoms with van der Waals surface area (Å²) in [6.07, 6.45) is 6.45. The minimum atomic E-state index is 0.229. The van der Waals surface area contributed by atoms with Crippen LogP contribution in [0.1, 0.15) is 59.8 Å². The smallest absolute Gasteiger partial charge is 0.219 e. The Balaban J connectivity index is 0.00000137. The van der Waals surface area contributed by atoms with Gasteiger partial charge in [-0.25, -0.2) is 0 Å². The van der Waals surface area contributed by atoms with Gasteiger partial charge in [-0.2, -0.15) is 0 Å². The summed E-state index contributed by atoms with van der Waals surface area (Å²) in [5.41, 5.74) is 0. The van der Waals surface area contributed by atoms with Gasteiger partial charge in [0.25, 0.3) is 0 Å². The lowest BCUT2D eigenvalue weighted by molar-refractivity contribution is -0.128. The highest BCUT2D eigenvalue weighted by Gasteiger charge is 2.15. The molecule has 0 N–H and O–H groups in total. The second kappa shape index (κ2) is 11.5. The van der Waals surface area contributed by atoms with Crippen LogP contribution >= 0.6 is 0 Å². The van der Waals surface area contributed by atoms with Crippen molar-refractivity contribution >= 4 is 5.91 Å². The molecule has 0 saturated carbocycles. The highest BCUT2D eigenvalue weighted by molar-refractivity contribution is 5.73. The molecular formula is C15H32N2O. The molecule has 0 atom stereocenters. The number of unbranched alkanes of at least 4 members (excludes halogenated alkanes) is 3. The Morgan fingerprint density at radius 3 is 2.33 bits per heavy atom. The maximum absolute atomic E-state index is 11.3. The lowest BCUT2D eigenvalue weighted by atomic mass is 10.2. The lowest BCUT2D eigenvalue weighted by Crippen LogP contribution is -2.33. The number of amides is 1. The van der Waals surface area contributed by atoms with Gasteiger partial charge in [0.2, 0.25) is 5.91 Å². The first-order chi connectivity index (χ1) is 8.74. The van der Waals surface area contributed by atoms with Gasteiger partial charge < -0.3 is 9.80 Å². The summed E-state index contributed by atoms with van der Waals surface area (Å²) in [6, 6.07) is 0. The molecule has 0 aromatic heterocycles. The highest BCUT2D eigenvalue weighted by Crippen LogP contribution is 2.06. The summed E-state index contributed by atoms with van der Waals surface area (Å²) in [6.45, 7) is 13.2. The van der Waals surface area contributed by atoms with Crippen LogP contribution in [-0.4, -0.2) is 48.4 Å². The fourth-order valence-electron chi connectivity index (χ4n) is 2.27. The molecule has 0 radical (unpaired) electrons. The van der Waals surface area contributed by atoms with Crippen LogP contribution in [0.2, 0.25) is 0 Å². The van der Waals surface area contributed by atoms with Crippen molar-refractivity contribution in [3.63, 3.8) is 0 Å². The summed E-state index contributed by atoms with van der Waals surface area (Å²) >= 11 is 0. The van der Waals surface area contributed by atoms with Crippen LogP contribution in [0, 0.1) is 0 Å². The van der Waals surface area contributed by atoms with Gasteiger partial charge in [-0.1, -0.05) is 40.0 Å². The fraction of sp³-hybridized carbons (Fsp3) is 0.933. The van der Waals surface area contributed by atoms with Crippen molar-refractivity contribution in [2.45, 2.75) is 59.8 Å². The first-order valence-electron chi connectivity index (χ1n) is 7.72. The van der Waals surface area contributed by atoms with E-state index in [0.29, 0.717) is 0 Å². The Hall–Kier alpha value is -0.570. The van der Waals surface area contributed by atoms with Gasteiger partial charge in [-0.15, -0.1) is 0 Å². The third kappa shape index (κ3) is 7.70. The molecule has 1 aliphatic rings. The molecule has 3 nitrogen and oxygen atoms in total. The van der Waals surface area contributed by atoms with E-state index >= 15 is 0 Å². The number of hydrogen-bond acceptors (Lipinski definition) is 2. The van der Waals surface area contributed by atoms with Gasteiger partial charge >= 0.3 is 0 Å². The molecule has 108 valence electrons. The van der Waals surface area contributed by atoms with Gasteiger partial charge in [-0.05, 0) is 25.9 Å². The van der Waals surface area contributed by atoms with E-state index in [1.807, 2.05) is 18.7 Å². The van der Waals surface area contributed by atoms with Crippen LogP contribution in [0.3, 0.4) is 0 Å². The summed E-state index contributed by atoms with van der Waals surface area (Å²) < 4.78 is 0. The molecule has 1 fully saturated rings. The quantitative estimate of drug-likeness (QED) is 0.706. The van der Waals surface area contributed by atoms with Crippen LogP contribution < -0.4 is 0 Å². The number of hydrogen-bond donors (Lipinski definition) is 0. The van der Waals surface area contributed by atoms with Gasteiger partial charge in [0.05, 0.1) is 0 Å². The predicted molar refractivity (Wildman–Crippen MR) is 78.8 cm³/mol. The Bertz CT molecular complexity index is 207. The van der Waals surface area contributed by atoms with Crippen LogP contribution in [0.15, 0.2) is 0 Å². The van der Waals surface area contributed by atoms with Crippen molar-refractivity contribution in [2.24, 2.45) is 0 Å². The first-order valence-corrected chi connectivity index (χ1v) is 7.72. The second-order valence-electron chi connectivity index (χ2n) is 4.76. The molecule has 0 aliphatic carbocycles. The average molecular weight is 256 g/mol. The molecule has 3 heteroatoms. The molecule has 0 unspecified atom stereocenters. The zero-order valence-electron chi connectivity index (χ0n) is 12.9. The fourth-order valence-corrected chi connectivity index (χ4v) is 2.27. The Morgan fingerprint density at radius 2 is 1.72 bits per heavy atom. The van der Waals surface area contributed by atoms with Crippen molar-refractivity contribution in [2.75, 3.05) is 32.7 Å². The zero-order valence-corrected chi connectivity index (χ0v) is 12.9. The van der Waals surface area contributed by atoms with Crippen molar-refractivity contribution in [1.82, 2.24) is 9.80 Å². The van der Waals surface area contributed by atoms with Crippen LogP contribution in [0.5, 0.6) is 0 Å². The Morgan fingerprint density at radius 1 is 1.00 bits per heavy atom. The number of carbonyl (C=O) groups excluding carboxylic acids is 1. The molecule has 1 rings (SSSR count). The predicted octanol–water partition coefficient (Wildman–Crippen LogP) is 3.15. The molecule has 0 bridgehead atoms. The summed E-state index contributed by atoms with van der Waals surface area (Å²) in [7, 11) is 0. The van der Waals surface area contributed by atoms with Crippen LogP contribution in [0.25, 0.3) is 0 Å². The SMILES string of the molecule is CC.CCCCCCN1CCCN(C(C)=O)CC1. The van der Waals surface area contributed by atoms with Crippen LogP contribution in [0.4, 0.5) is 0 Å². The lowest BCUT2D eigenvalue weighted by Gasteiger charge is -2.20. The molecule has 1 heterocycles. The monoisotopic (exact) mass is 256 g/mol. The minimum Gasteiger partial charge on any atom is -0.342 e. The van der Waals surface area contributed by atoms with Crippen LogP contribution in [-0.2, 0) is 4.79 Å². The molecule has 18 heavy (non-hydrogen) atoms. The van der Waals surface area contributed by atoms with E-state index < -0.39 is 0 Å². The molecule has 0 aromatic rings. The molecule has 1 aliphatic heterocycles. The largest absolute Gasteiger partial charge is 0.342 e. The normalized spacial score (nSPS) is 16.8. The molecule has 1 amide bonds. The van der Waals surface area contributed by atoms with E-state index in [-0.39, 0.29) is 5.91 Å². The zero-order chi connectivity index (χ0) is 13.8. The maximum atomic E-state index is 11.3. The average Bonchev–Trinajstić information content (AvgIpc) is 2.63. The Kier molecular flexibility index (Phi) is 11.2. The van der Waals surface area contributed by atoms with E-state index in [1.54, 1.807) is 6.92 Å². The summed E-state index contributed by atoms with van der Waals surface area (Å²) in [5, 5.41) is 0. The third-order valence-corrected chi connectivity index (χ3v) is 3.36. The molecule has 0 spiro atoms. The number of carbonyl (C=O) groups is 1. The summed E-state index contributed by atoms with van der Waals surface area (Å²) in [5.74, 6) is 0.229. The van der Waals surface area contributed by atoms with Crippen molar-refractivity contribution in [3.05, 3.63) is 0 Å². The molecule has 0 aromatic carbocycles. The summed E-state index contributed by atoms with van der Waals surface area (Å²) in [4.78, 5) is 15.8. The van der Waals surface area contributed by atoms with E-state index in [9.17, 15) is 4.79 Å². The van der Waals surface area contributed by atoms with E-state index in [0.717, 1.165) is 32.6 Å². The standard InChI is InChI=1S/C13H26N2O.C2H6/c1-3-4-5-6-8-14-9-7-10-15(12-11-14)13(2)16;1-2/h3-12H2,1-2H3;1-2H3. The third-order valence-electron chi connectivity index (χ3n) is 3.36. The minimum absolute atomic E-state index is 0.229. The highest BCUT2D eigenvalue weighted by atomic mass is 16.2. The number of rotatable bonds is 5. The first kappa shape index (κ1) is 17.4. The van der Waals surface area contributed by atoms with E-state index in [4.69, 9.17) is 0 Å². The molecular weight excluding hydrogens is 224 g/mol. The van der Waals surface area contributed by atoms with Gasteiger partial charge in [0.15, 0.2) is 0 Å². The molecule has 1 saturated heterocycles. The van der Waals surface area contributed by atoms with Gasteiger partial charge in [0, 0.05) is 26.6 Å². The maximum Gasteiger partial charge on any atom is 0.219 e. The van der Waals surface area contributed by atoms with Crippen molar-refractivity contribution < 1.29 is 4.79 Å². The Labute approximate surface area is 114 Å². The van der Waals surface area contributed by atoms with Crippen molar-refractivity contribution in [3.8, 4) is 0 Å². The van der Waals surface area contributed by atoms with Gasteiger partial charge in [-0.3, -0.25) is 4.79 Å². The van der Waals surface area contributed by atoms with E-state index in [1.165, 1.54) is 32.2 Å². The second-order valence-corrected chi connectivity index (χ2v) is 4.76. The van der Waals surface area contributed by atoms with E-state index in [2.05, 4.69) is 11.8 Å².